The molecule has 0 aliphatic rings. The van der Waals surface area contributed by atoms with Crippen LogP contribution < -0.4 is 10.6 Å². The molecule has 0 spiro atoms. The standard InChI is InChI=1S/C22H21N5O8S2/c1-12-6-17(26(2)11-12)21(28)24-20-10-18(27(3)25-20)22(29)23-14-5-4-13-7-15(36(30,31)32)9-19(16(13)8-14)37(33,34)35/h4-11H,1-3H3,(H,23,29)(H,24,25,28)(H,30,31,32)(H,33,34,35). The first-order valence-electron chi connectivity index (χ1n) is 10.5. The summed E-state index contributed by atoms with van der Waals surface area (Å²) in [4.78, 5) is 24.0. The van der Waals surface area contributed by atoms with Crippen LogP contribution >= 0.6 is 0 Å². The second kappa shape index (κ2) is 9.11. The van der Waals surface area contributed by atoms with E-state index in [0.29, 0.717) is 11.8 Å². The molecular weight excluding hydrogens is 526 g/mol. The molecule has 0 bridgehead atoms. The molecule has 2 heterocycles. The maximum absolute atomic E-state index is 12.9. The van der Waals surface area contributed by atoms with Crippen molar-refractivity contribution < 1.29 is 35.5 Å². The van der Waals surface area contributed by atoms with Crippen molar-refractivity contribution in [1.29, 1.82) is 0 Å². The lowest BCUT2D eigenvalue weighted by molar-refractivity contribution is 0.101. The summed E-state index contributed by atoms with van der Waals surface area (Å²) < 4.78 is 68.6. The van der Waals surface area contributed by atoms with Crippen molar-refractivity contribution in [2.75, 3.05) is 10.6 Å². The molecule has 2 amide bonds. The van der Waals surface area contributed by atoms with Gasteiger partial charge in [-0.15, -0.1) is 0 Å². The Morgan fingerprint density at radius 2 is 1.54 bits per heavy atom. The summed E-state index contributed by atoms with van der Waals surface area (Å²) in [6.45, 7) is 1.85. The Balaban J connectivity index is 1.63. The summed E-state index contributed by atoms with van der Waals surface area (Å²) in [7, 11) is -6.44. The summed E-state index contributed by atoms with van der Waals surface area (Å²) in [5.41, 5.74) is 1.48. The van der Waals surface area contributed by atoms with Crippen molar-refractivity contribution in [1.82, 2.24) is 14.3 Å². The number of amides is 2. The van der Waals surface area contributed by atoms with Gasteiger partial charge >= 0.3 is 0 Å². The maximum Gasteiger partial charge on any atom is 0.295 e. The fourth-order valence-corrected chi connectivity index (χ4v) is 5.16. The van der Waals surface area contributed by atoms with Crippen LogP contribution in [0.25, 0.3) is 10.8 Å². The van der Waals surface area contributed by atoms with E-state index in [-0.39, 0.29) is 28.0 Å². The Labute approximate surface area is 211 Å². The van der Waals surface area contributed by atoms with Crippen LogP contribution in [-0.4, -0.2) is 52.1 Å². The van der Waals surface area contributed by atoms with Gasteiger partial charge in [0.25, 0.3) is 32.1 Å². The molecule has 2 aromatic carbocycles. The first kappa shape index (κ1) is 26.0. The number of carbonyl (C=O) groups excluding carboxylic acids is 2. The average Bonchev–Trinajstić information content (AvgIpc) is 3.32. The molecule has 4 aromatic rings. The largest absolute Gasteiger partial charge is 0.346 e. The van der Waals surface area contributed by atoms with Gasteiger partial charge in [-0.05, 0) is 48.2 Å². The van der Waals surface area contributed by atoms with Gasteiger partial charge in [0, 0.05) is 37.4 Å². The van der Waals surface area contributed by atoms with Crippen LogP contribution in [0.2, 0.25) is 0 Å². The Hall–Kier alpha value is -4.05. The van der Waals surface area contributed by atoms with Gasteiger partial charge in [0.1, 0.15) is 16.3 Å². The van der Waals surface area contributed by atoms with Crippen LogP contribution in [0.15, 0.2) is 58.5 Å². The van der Waals surface area contributed by atoms with E-state index in [0.717, 1.165) is 11.6 Å². The minimum atomic E-state index is -4.89. The summed E-state index contributed by atoms with van der Waals surface area (Å²) in [6, 6.07) is 8.60. The molecule has 37 heavy (non-hydrogen) atoms. The van der Waals surface area contributed by atoms with Crippen LogP contribution in [0, 0.1) is 6.92 Å². The molecule has 0 unspecified atom stereocenters. The smallest absolute Gasteiger partial charge is 0.295 e. The minimum absolute atomic E-state index is 0.0650. The van der Waals surface area contributed by atoms with E-state index in [1.807, 2.05) is 6.92 Å². The number of carbonyl (C=O) groups is 2. The monoisotopic (exact) mass is 547 g/mol. The lowest BCUT2D eigenvalue weighted by atomic mass is 10.1. The zero-order valence-electron chi connectivity index (χ0n) is 19.6. The number of benzene rings is 2. The molecule has 2 aromatic heterocycles. The van der Waals surface area contributed by atoms with Gasteiger partial charge in [0.05, 0.1) is 4.90 Å². The maximum atomic E-state index is 12.9. The van der Waals surface area contributed by atoms with E-state index in [9.17, 15) is 35.5 Å². The molecule has 0 saturated carbocycles. The highest BCUT2D eigenvalue weighted by molar-refractivity contribution is 7.86. The number of hydrogen-bond acceptors (Lipinski definition) is 7. The van der Waals surface area contributed by atoms with Crippen LogP contribution in [0.1, 0.15) is 26.5 Å². The highest BCUT2D eigenvalue weighted by Crippen LogP contribution is 2.30. The predicted molar refractivity (Wildman–Crippen MR) is 133 cm³/mol. The molecule has 4 N–H and O–H groups in total. The Morgan fingerprint density at radius 1 is 0.865 bits per heavy atom. The summed E-state index contributed by atoms with van der Waals surface area (Å²) in [5, 5.41) is 9.29. The molecule has 0 aliphatic carbocycles. The lowest BCUT2D eigenvalue weighted by Gasteiger charge is -2.10. The number of anilines is 2. The summed E-state index contributed by atoms with van der Waals surface area (Å²) >= 11 is 0. The molecule has 4 rings (SSSR count). The first-order valence-corrected chi connectivity index (χ1v) is 13.3. The number of rotatable bonds is 6. The van der Waals surface area contributed by atoms with E-state index in [1.165, 1.54) is 36.0 Å². The predicted octanol–water partition coefficient (Wildman–Crippen LogP) is 2.22. The average molecular weight is 548 g/mol. The molecule has 0 atom stereocenters. The van der Waals surface area contributed by atoms with Gasteiger partial charge in [-0.25, -0.2) is 0 Å². The van der Waals surface area contributed by atoms with E-state index in [4.69, 9.17) is 0 Å². The SMILES string of the molecule is Cc1cc(C(=O)Nc2cc(C(=O)Nc3ccc4cc(S(=O)(=O)O)cc(S(=O)(=O)O)c4c3)n(C)n2)n(C)c1. The fourth-order valence-electron chi connectivity index (χ4n) is 3.81. The third kappa shape index (κ3) is 5.39. The Morgan fingerprint density at radius 3 is 2.14 bits per heavy atom. The first-order chi connectivity index (χ1) is 17.1. The zero-order chi connectivity index (χ0) is 27.3. The zero-order valence-corrected chi connectivity index (χ0v) is 21.3. The highest BCUT2D eigenvalue weighted by Gasteiger charge is 2.22. The molecule has 13 nitrogen and oxygen atoms in total. The van der Waals surface area contributed by atoms with E-state index < -0.39 is 41.8 Å². The van der Waals surface area contributed by atoms with Crippen LogP contribution in [0.4, 0.5) is 11.5 Å². The van der Waals surface area contributed by atoms with Gasteiger partial charge in [-0.2, -0.15) is 21.9 Å². The van der Waals surface area contributed by atoms with Crippen LogP contribution in [-0.2, 0) is 34.3 Å². The van der Waals surface area contributed by atoms with Gasteiger partial charge in [0.2, 0.25) is 0 Å². The van der Waals surface area contributed by atoms with Crippen molar-refractivity contribution in [3.8, 4) is 0 Å². The van der Waals surface area contributed by atoms with E-state index in [2.05, 4.69) is 15.7 Å². The van der Waals surface area contributed by atoms with Gasteiger partial charge in [-0.1, -0.05) is 6.07 Å². The van der Waals surface area contributed by atoms with Crippen molar-refractivity contribution >= 4 is 54.3 Å². The van der Waals surface area contributed by atoms with Crippen molar-refractivity contribution in [3.63, 3.8) is 0 Å². The number of nitrogens with zero attached hydrogens (tertiary/aromatic N) is 3. The fraction of sp³-hybridized carbons (Fsp3) is 0.136. The third-order valence-corrected chi connectivity index (χ3v) is 7.18. The molecule has 0 aliphatic heterocycles. The second-order valence-corrected chi connectivity index (χ2v) is 11.1. The van der Waals surface area contributed by atoms with Crippen molar-refractivity contribution in [3.05, 3.63) is 65.6 Å². The lowest BCUT2D eigenvalue weighted by Crippen LogP contribution is -2.16. The topological polar surface area (TPSA) is 190 Å². The second-order valence-electron chi connectivity index (χ2n) is 8.27. The normalized spacial score (nSPS) is 12.0. The van der Waals surface area contributed by atoms with Crippen LogP contribution in [0.5, 0.6) is 0 Å². The summed E-state index contributed by atoms with van der Waals surface area (Å²) in [6.07, 6.45) is 1.78. The number of aryl methyl sites for hydroxylation is 3. The minimum Gasteiger partial charge on any atom is -0.346 e. The number of fused-ring (bicyclic) bond motifs is 1. The van der Waals surface area contributed by atoms with Crippen molar-refractivity contribution in [2.24, 2.45) is 14.1 Å². The molecule has 0 fully saturated rings. The van der Waals surface area contributed by atoms with Crippen LogP contribution in [0.3, 0.4) is 0 Å². The quantitative estimate of drug-likeness (QED) is 0.262. The molecule has 15 heteroatoms. The molecule has 0 saturated heterocycles. The highest BCUT2D eigenvalue weighted by atomic mass is 32.2. The molecule has 194 valence electrons. The summed E-state index contributed by atoms with van der Waals surface area (Å²) in [5.74, 6) is -0.939. The van der Waals surface area contributed by atoms with Crippen molar-refractivity contribution in [2.45, 2.75) is 16.7 Å². The van der Waals surface area contributed by atoms with Gasteiger partial charge in [0.15, 0.2) is 5.82 Å². The van der Waals surface area contributed by atoms with E-state index in [1.54, 1.807) is 23.9 Å². The third-order valence-electron chi connectivity index (χ3n) is 5.45. The molecular formula is C22H21N5O8S2. The van der Waals surface area contributed by atoms with E-state index >= 15 is 0 Å². The van der Waals surface area contributed by atoms with Gasteiger partial charge < -0.3 is 15.2 Å². The molecule has 0 radical (unpaired) electrons. The number of hydrogen-bond donors (Lipinski definition) is 4. The Bertz CT molecular complexity index is 1800. The Kier molecular flexibility index (Phi) is 6.41. The number of nitrogens with one attached hydrogen (secondary N) is 2. The number of aromatic nitrogens is 3. The van der Waals surface area contributed by atoms with Gasteiger partial charge in [-0.3, -0.25) is 23.4 Å².